The van der Waals surface area contributed by atoms with E-state index in [1.54, 1.807) is 19.1 Å². The number of fused-ring (bicyclic) bond motifs is 1. The smallest absolute Gasteiger partial charge is 0.291 e. The van der Waals surface area contributed by atoms with E-state index in [2.05, 4.69) is 20.3 Å². The van der Waals surface area contributed by atoms with Gasteiger partial charge in [-0.3, -0.25) is 10.1 Å². The monoisotopic (exact) mass is 344 g/mol. The first-order valence-corrected chi connectivity index (χ1v) is 8.08. The number of nitro groups is 1. The fraction of sp³-hybridized carbons (Fsp3) is 0.375. The Bertz CT molecular complexity index is 840. The van der Waals surface area contributed by atoms with Gasteiger partial charge >= 0.3 is 0 Å². The average Bonchev–Trinajstić information content (AvgIpc) is 2.95. The number of anilines is 2. The second kappa shape index (κ2) is 6.42. The number of aryl methyl sites for hydroxylation is 1. The molecule has 0 bridgehead atoms. The van der Waals surface area contributed by atoms with Crippen LogP contribution in [0.3, 0.4) is 0 Å². The third-order valence-electron chi connectivity index (χ3n) is 4.26. The maximum Gasteiger partial charge on any atom is 0.291 e. The summed E-state index contributed by atoms with van der Waals surface area (Å²) in [7, 11) is 0. The van der Waals surface area contributed by atoms with Crippen LogP contribution in [0.1, 0.15) is 31.3 Å². The molecule has 132 valence electrons. The lowest BCUT2D eigenvalue weighted by molar-refractivity contribution is -0.431. The average molecular weight is 344 g/mol. The zero-order valence-corrected chi connectivity index (χ0v) is 14.3. The molecule has 1 unspecified atom stereocenters. The Labute approximate surface area is 144 Å². The third kappa shape index (κ3) is 2.88. The minimum absolute atomic E-state index is 0.0110. The van der Waals surface area contributed by atoms with Crippen LogP contribution < -0.4 is 10.2 Å². The number of nitrogens with zero attached hydrogens (tertiary/aromatic N) is 5. The second-order valence-electron chi connectivity index (χ2n) is 5.72. The summed E-state index contributed by atoms with van der Waals surface area (Å²) in [6, 6.07) is 4.34. The van der Waals surface area contributed by atoms with E-state index in [4.69, 9.17) is 0 Å². The number of phenolic OH excluding ortho intramolecular Hbond substituents is 1. The lowest BCUT2D eigenvalue weighted by Crippen LogP contribution is -2.26. The topological polar surface area (TPSA) is 109 Å². The van der Waals surface area contributed by atoms with Crippen molar-refractivity contribution in [2.45, 2.75) is 26.8 Å². The lowest BCUT2D eigenvalue weighted by atomic mass is 10.0. The van der Waals surface area contributed by atoms with Gasteiger partial charge in [0.25, 0.3) is 5.70 Å². The van der Waals surface area contributed by atoms with Crippen molar-refractivity contribution in [3.8, 4) is 5.75 Å². The molecule has 2 N–H and O–H groups in total. The Balaban J connectivity index is 2.10. The van der Waals surface area contributed by atoms with Crippen molar-refractivity contribution in [1.29, 1.82) is 0 Å². The first-order chi connectivity index (χ1) is 12.0. The summed E-state index contributed by atoms with van der Waals surface area (Å²) in [6.07, 6.45) is 1.30. The maximum absolute atomic E-state index is 11.5. The molecule has 0 amide bonds. The van der Waals surface area contributed by atoms with E-state index in [-0.39, 0.29) is 11.4 Å². The summed E-state index contributed by atoms with van der Waals surface area (Å²) in [5.74, 6) is 0.883. The molecule has 1 aromatic heterocycles. The highest BCUT2D eigenvalue weighted by Gasteiger charge is 2.36. The molecule has 9 heteroatoms. The van der Waals surface area contributed by atoms with Gasteiger partial charge in [0, 0.05) is 30.4 Å². The highest BCUT2D eigenvalue weighted by molar-refractivity contribution is 5.56. The first-order valence-electron chi connectivity index (χ1n) is 8.08. The second-order valence-corrected chi connectivity index (χ2v) is 5.72. The van der Waals surface area contributed by atoms with E-state index in [1.165, 1.54) is 10.9 Å². The molecule has 0 saturated carbocycles. The Morgan fingerprint density at radius 2 is 2.12 bits per heavy atom. The molecule has 1 aliphatic rings. The van der Waals surface area contributed by atoms with E-state index >= 15 is 0 Å². The summed E-state index contributed by atoms with van der Waals surface area (Å²) in [5.41, 5.74) is 1.16. The summed E-state index contributed by atoms with van der Waals surface area (Å²) in [5, 5.41) is 29.1. The van der Waals surface area contributed by atoms with Crippen LogP contribution in [0.25, 0.3) is 0 Å². The van der Waals surface area contributed by atoms with Gasteiger partial charge in [-0.1, -0.05) is 6.07 Å². The fourth-order valence-electron chi connectivity index (χ4n) is 3.04. The normalized spacial score (nSPS) is 16.0. The van der Waals surface area contributed by atoms with Crippen LogP contribution in [-0.2, 0) is 0 Å². The van der Waals surface area contributed by atoms with Crippen LogP contribution in [0.2, 0.25) is 0 Å². The van der Waals surface area contributed by atoms with Gasteiger partial charge in [-0.15, -0.1) is 0 Å². The maximum atomic E-state index is 11.5. The summed E-state index contributed by atoms with van der Waals surface area (Å²) >= 11 is 0. The van der Waals surface area contributed by atoms with Crippen molar-refractivity contribution in [2.24, 2.45) is 0 Å². The number of phenols is 1. The van der Waals surface area contributed by atoms with Crippen LogP contribution >= 0.6 is 0 Å². The van der Waals surface area contributed by atoms with Crippen molar-refractivity contribution in [3.05, 3.63) is 51.6 Å². The zero-order chi connectivity index (χ0) is 18.1. The Kier molecular flexibility index (Phi) is 4.30. The number of aromatic hydroxyl groups is 1. The number of aromatic nitrogens is 3. The van der Waals surface area contributed by atoms with Crippen molar-refractivity contribution in [2.75, 3.05) is 23.3 Å². The standard InChI is InChI=1S/C16H20N6O3/c1-4-20(5-2)11-6-7-12(14(23)8-11)15-13(22(24)25)9-17-16-18-10(3)19-21(15)16/h6-9,15,23H,4-5H2,1-3H3,(H,17,18,19). The molecule has 0 spiro atoms. The predicted octanol–water partition coefficient (Wildman–Crippen LogP) is 2.27. The van der Waals surface area contributed by atoms with E-state index < -0.39 is 11.0 Å². The van der Waals surface area contributed by atoms with Gasteiger partial charge in [0.1, 0.15) is 11.6 Å². The zero-order valence-electron chi connectivity index (χ0n) is 14.3. The van der Waals surface area contributed by atoms with Gasteiger partial charge < -0.3 is 15.3 Å². The Hall–Kier alpha value is -3.10. The molecule has 1 aliphatic heterocycles. The minimum atomic E-state index is -0.849. The fourth-order valence-corrected chi connectivity index (χ4v) is 3.04. The molecule has 1 atom stereocenters. The highest BCUT2D eigenvalue weighted by Crippen LogP contribution is 2.38. The minimum Gasteiger partial charge on any atom is -0.507 e. The molecule has 2 heterocycles. The van der Waals surface area contributed by atoms with E-state index in [1.807, 2.05) is 19.9 Å². The number of hydrogen-bond donors (Lipinski definition) is 2. The molecule has 2 aromatic rings. The molecule has 25 heavy (non-hydrogen) atoms. The molecule has 1 aromatic carbocycles. The van der Waals surface area contributed by atoms with Gasteiger partial charge in [-0.2, -0.15) is 10.1 Å². The van der Waals surface area contributed by atoms with Crippen molar-refractivity contribution >= 4 is 11.6 Å². The first kappa shape index (κ1) is 16.7. The largest absolute Gasteiger partial charge is 0.507 e. The van der Waals surface area contributed by atoms with Crippen LogP contribution in [0.15, 0.2) is 30.1 Å². The molecule has 9 nitrogen and oxygen atoms in total. The number of nitrogens with one attached hydrogen (secondary N) is 1. The number of rotatable bonds is 5. The van der Waals surface area contributed by atoms with Crippen molar-refractivity contribution < 1.29 is 10.0 Å². The van der Waals surface area contributed by atoms with Crippen molar-refractivity contribution in [1.82, 2.24) is 14.8 Å². The van der Waals surface area contributed by atoms with E-state index in [9.17, 15) is 15.2 Å². The number of hydrogen-bond acceptors (Lipinski definition) is 7. The SMILES string of the molecule is CCN(CC)c1ccc(C2C([N+](=O)[O-])=CNc3nc(C)nn32)c(O)c1. The molecule has 0 saturated heterocycles. The third-order valence-corrected chi connectivity index (χ3v) is 4.26. The quantitative estimate of drug-likeness (QED) is 0.632. The Morgan fingerprint density at radius 1 is 1.40 bits per heavy atom. The van der Waals surface area contributed by atoms with Crippen LogP contribution in [0, 0.1) is 17.0 Å². The number of allylic oxidation sites excluding steroid dienone is 1. The van der Waals surface area contributed by atoms with Crippen molar-refractivity contribution in [3.63, 3.8) is 0 Å². The summed E-state index contributed by atoms with van der Waals surface area (Å²) in [6.45, 7) is 7.36. The van der Waals surface area contributed by atoms with Gasteiger partial charge in [-0.05, 0) is 26.8 Å². The van der Waals surface area contributed by atoms with Gasteiger partial charge in [-0.25, -0.2) is 4.68 Å². The Morgan fingerprint density at radius 3 is 2.72 bits per heavy atom. The van der Waals surface area contributed by atoms with Crippen LogP contribution in [-0.4, -0.2) is 37.9 Å². The van der Waals surface area contributed by atoms with E-state index in [0.29, 0.717) is 17.3 Å². The summed E-state index contributed by atoms with van der Waals surface area (Å²) < 4.78 is 1.43. The van der Waals surface area contributed by atoms with Gasteiger partial charge in [0.05, 0.1) is 11.1 Å². The van der Waals surface area contributed by atoms with Gasteiger partial charge in [0.2, 0.25) is 5.95 Å². The van der Waals surface area contributed by atoms with Crippen LogP contribution in [0.4, 0.5) is 11.6 Å². The molecule has 0 fully saturated rings. The molecular formula is C16H20N6O3. The predicted molar refractivity (Wildman–Crippen MR) is 93.3 cm³/mol. The molecule has 3 rings (SSSR count). The molecular weight excluding hydrogens is 324 g/mol. The van der Waals surface area contributed by atoms with Gasteiger partial charge in [0.15, 0.2) is 6.04 Å². The summed E-state index contributed by atoms with van der Waals surface area (Å²) in [4.78, 5) is 17.3. The van der Waals surface area contributed by atoms with E-state index in [0.717, 1.165) is 18.8 Å². The lowest BCUT2D eigenvalue weighted by Gasteiger charge is -2.24. The molecule has 0 radical (unpaired) electrons. The van der Waals surface area contributed by atoms with Crippen LogP contribution in [0.5, 0.6) is 5.75 Å². The highest BCUT2D eigenvalue weighted by atomic mass is 16.6. The number of benzene rings is 1. The molecule has 0 aliphatic carbocycles.